The summed E-state index contributed by atoms with van der Waals surface area (Å²) in [7, 11) is 0. The summed E-state index contributed by atoms with van der Waals surface area (Å²) in [5, 5.41) is 13.8. The number of hydrogen-bond donors (Lipinski definition) is 1. The third-order valence-corrected chi connectivity index (χ3v) is 3.03. The zero-order valence-electron chi connectivity index (χ0n) is 9.05. The van der Waals surface area contributed by atoms with E-state index >= 15 is 0 Å². The molecule has 0 bridgehead atoms. The molecule has 2 aromatic heterocycles. The van der Waals surface area contributed by atoms with E-state index in [0.29, 0.717) is 19.0 Å². The maximum atomic E-state index is 9.40. The lowest BCUT2D eigenvalue weighted by molar-refractivity contribution is -0.0882. The number of aromatic nitrogens is 3. The van der Waals surface area contributed by atoms with Crippen molar-refractivity contribution in [1.82, 2.24) is 14.6 Å². The van der Waals surface area contributed by atoms with Crippen LogP contribution < -0.4 is 0 Å². The van der Waals surface area contributed by atoms with Crippen molar-refractivity contribution in [2.45, 2.75) is 12.3 Å². The molecule has 1 N–H and O–H groups in total. The van der Waals surface area contributed by atoms with E-state index in [9.17, 15) is 5.11 Å². The van der Waals surface area contributed by atoms with Gasteiger partial charge in [-0.3, -0.25) is 0 Å². The van der Waals surface area contributed by atoms with Crippen LogP contribution >= 0.6 is 0 Å². The molecule has 0 saturated carbocycles. The van der Waals surface area contributed by atoms with Gasteiger partial charge in [-0.25, -0.2) is 9.50 Å². The fraction of sp³-hybridized carbons (Fsp3) is 0.455. The molecule has 5 nitrogen and oxygen atoms in total. The number of aliphatic hydroxyl groups excluding tert-OH is 1. The van der Waals surface area contributed by atoms with Crippen LogP contribution in [0, 0.1) is 6.92 Å². The molecule has 0 radical (unpaired) electrons. The summed E-state index contributed by atoms with van der Waals surface area (Å²) < 4.78 is 6.89. The van der Waals surface area contributed by atoms with E-state index in [1.807, 2.05) is 25.3 Å². The molecule has 1 aliphatic heterocycles. The third kappa shape index (κ3) is 1.25. The number of pyridine rings is 1. The number of ether oxygens (including phenoxy) is 1. The smallest absolute Gasteiger partial charge is 0.164 e. The first-order chi connectivity index (χ1) is 7.73. The van der Waals surface area contributed by atoms with Gasteiger partial charge in [0, 0.05) is 6.20 Å². The van der Waals surface area contributed by atoms with Crippen molar-refractivity contribution in [3.63, 3.8) is 0 Å². The summed E-state index contributed by atoms with van der Waals surface area (Å²) in [4.78, 5) is 4.45. The highest BCUT2D eigenvalue weighted by molar-refractivity contribution is 5.41. The summed E-state index contributed by atoms with van der Waals surface area (Å²) >= 11 is 0. The van der Waals surface area contributed by atoms with Gasteiger partial charge in [0.05, 0.1) is 19.8 Å². The molecule has 0 aromatic carbocycles. The quantitative estimate of drug-likeness (QED) is 0.789. The average molecular weight is 219 g/mol. The van der Waals surface area contributed by atoms with Crippen LogP contribution in [0.5, 0.6) is 0 Å². The Bertz CT molecular complexity index is 525. The topological polar surface area (TPSA) is 59.7 Å². The van der Waals surface area contributed by atoms with Crippen molar-refractivity contribution in [2.75, 3.05) is 19.8 Å². The largest absolute Gasteiger partial charge is 0.395 e. The maximum absolute atomic E-state index is 9.40. The van der Waals surface area contributed by atoms with Gasteiger partial charge in [-0.05, 0) is 24.6 Å². The molecule has 16 heavy (non-hydrogen) atoms. The van der Waals surface area contributed by atoms with Crippen molar-refractivity contribution in [3.8, 4) is 0 Å². The highest BCUT2D eigenvalue weighted by Crippen LogP contribution is 2.29. The molecule has 1 aliphatic rings. The Morgan fingerprint density at radius 3 is 3.00 bits per heavy atom. The van der Waals surface area contributed by atoms with Crippen molar-refractivity contribution in [2.24, 2.45) is 0 Å². The molecule has 84 valence electrons. The van der Waals surface area contributed by atoms with Gasteiger partial charge in [0.2, 0.25) is 0 Å². The second-order valence-electron chi connectivity index (χ2n) is 4.37. The number of fused-ring (bicyclic) bond motifs is 1. The van der Waals surface area contributed by atoms with Crippen molar-refractivity contribution in [3.05, 3.63) is 29.7 Å². The number of rotatable bonds is 2. The van der Waals surface area contributed by atoms with Gasteiger partial charge in [-0.2, -0.15) is 5.10 Å². The predicted molar refractivity (Wildman–Crippen MR) is 57.3 cm³/mol. The van der Waals surface area contributed by atoms with E-state index < -0.39 is 0 Å². The molecular formula is C11H13N3O2. The summed E-state index contributed by atoms with van der Waals surface area (Å²) in [6.45, 7) is 3.05. The van der Waals surface area contributed by atoms with Crippen LogP contribution in [0.1, 0.15) is 11.4 Å². The lowest BCUT2D eigenvalue weighted by Gasteiger charge is -2.36. The van der Waals surface area contributed by atoms with Gasteiger partial charge in [-0.15, -0.1) is 0 Å². The Hall–Kier alpha value is -1.46. The molecule has 1 saturated heterocycles. The minimum Gasteiger partial charge on any atom is -0.395 e. The Labute approximate surface area is 92.7 Å². The van der Waals surface area contributed by atoms with Gasteiger partial charge in [0.1, 0.15) is 5.41 Å². The van der Waals surface area contributed by atoms with Crippen LogP contribution in [0.25, 0.3) is 5.65 Å². The molecule has 1 fully saturated rings. The highest BCUT2D eigenvalue weighted by atomic mass is 16.5. The van der Waals surface area contributed by atoms with E-state index in [1.54, 1.807) is 4.52 Å². The van der Waals surface area contributed by atoms with Gasteiger partial charge in [-0.1, -0.05) is 0 Å². The van der Waals surface area contributed by atoms with Crippen LogP contribution in [-0.4, -0.2) is 39.5 Å². The molecule has 0 unspecified atom stereocenters. The van der Waals surface area contributed by atoms with Gasteiger partial charge in [0.15, 0.2) is 11.5 Å². The molecule has 5 heteroatoms. The highest BCUT2D eigenvalue weighted by Gasteiger charge is 2.43. The maximum Gasteiger partial charge on any atom is 0.164 e. The normalized spacial score (nSPS) is 18.6. The summed E-state index contributed by atoms with van der Waals surface area (Å²) in [5.74, 6) is 0.673. The molecule has 0 atom stereocenters. The number of aryl methyl sites for hydroxylation is 1. The SMILES string of the molecule is Cc1ccn2nc(C3(CO)COC3)nc2c1. The Kier molecular flexibility index (Phi) is 1.99. The zero-order valence-corrected chi connectivity index (χ0v) is 9.05. The molecule has 0 spiro atoms. The molecule has 0 amide bonds. The number of hydrogen-bond acceptors (Lipinski definition) is 4. The Morgan fingerprint density at radius 2 is 2.38 bits per heavy atom. The predicted octanol–water partition coefficient (Wildman–Crippen LogP) is 0.298. The fourth-order valence-electron chi connectivity index (χ4n) is 1.85. The standard InChI is InChI=1S/C11H13N3O2/c1-8-2-3-14-9(4-8)12-10(13-14)11(5-15)6-16-7-11/h2-4,15H,5-7H2,1H3. The lowest BCUT2D eigenvalue weighted by Crippen LogP contribution is -2.50. The van der Waals surface area contributed by atoms with Crippen LogP contribution in [0.4, 0.5) is 0 Å². The Morgan fingerprint density at radius 1 is 1.56 bits per heavy atom. The van der Waals surface area contributed by atoms with E-state index in [0.717, 1.165) is 11.2 Å². The molecular weight excluding hydrogens is 206 g/mol. The fourth-order valence-corrected chi connectivity index (χ4v) is 1.85. The monoisotopic (exact) mass is 219 g/mol. The lowest BCUT2D eigenvalue weighted by atomic mass is 9.86. The van der Waals surface area contributed by atoms with E-state index in [1.165, 1.54) is 0 Å². The van der Waals surface area contributed by atoms with Gasteiger partial charge in [0.25, 0.3) is 0 Å². The second kappa shape index (κ2) is 3.26. The van der Waals surface area contributed by atoms with Crippen molar-refractivity contribution >= 4 is 5.65 Å². The van der Waals surface area contributed by atoms with Crippen LogP contribution in [0.2, 0.25) is 0 Å². The molecule has 3 rings (SSSR count). The van der Waals surface area contributed by atoms with Crippen molar-refractivity contribution in [1.29, 1.82) is 0 Å². The first kappa shape index (κ1) is 9.74. The average Bonchev–Trinajstić information content (AvgIpc) is 2.60. The molecule has 3 heterocycles. The van der Waals surface area contributed by atoms with E-state index in [2.05, 4.69) is 10.1 Å². The number of aliphatic hydroxyl groups is 1. The van der Waals surface area contributed by atoms with Crippen LogP contribution in [0.3, 0.4) is 0 Å². The first-order valence-electron chi connectivity index (χ1n) is 5.26. The second-order valence-corrected chi connectivity index (χ2v) is 4.37. The van der Waals surface area contributed by atoms with E-state index in [4.69, 9.17) is 4.74 Å². The van der Waals surface area contributed by atoms with Gasteiger partial charge >= 0.3 is 0 Å². The first-order valence-corrected chi connectivity index (χ1v) is 5.26. The summed E-state index contributed by atoms with van der Waals surface area (Å²) in [6.07, 6.45) is 1.88. The van der Waals surface area contributed by atoms with Crippen LogP contribution in [-0.2, 0) is 10.2 Å². The molecule has 0 aliphatic carbocycles. The summed E-state index contributed by atoms with van der Waals surface area (Å²) in [6, 6.07) is 3.95. The Balaban J connectivity index is 2.11. The minimum atomic E-state index is -0.389. The van der Waals surface area contributed by atoms with Crippen molar-refractivity contribution < 1.29 is 9.84 Å². The minimum absolute atomic E-state index is 0.0306. The summed E-state index contributed by atoms with van der Waals surface area (Å²) in [5.41, 5.74) is 1.57. The van der Waals surface area contributed by atoms with E-state index in [-0.39, 0.29) is 12.0 Å². The third-order valence-electron chi connectivity index (χ3n) is 3.03. The number of nitrogens with zero attached hydrogens (tertiary/aromatic N) is 3. The zero-order chi connectivity index (χ0) is 11.2. The van der Waals surface area contributed by atoms with Crippen LogP contribution in [0.15, 0.2) is 18.3 Å². The molecule has 2 aromatic rings. The van der Waals surface area contributed by atoms with Gasteiger partial charge < -0.3 is 9.84 Å².